The molecule has 3 N–H and O–H groups in total. The van der Waals surface area contributed by atoms with Crippen LogP contribution in [0.25, 0.3) is 11.0 Å². The lowest BCUT2D eigenvalue weighted by atomic mass is 9.95. The van der Waals surface area contributed by atoms with Crippen LogP contribution in [0.5, 0.6) is 0 Å². The molecule has 2 aromatic heterocycles. The van der Waals surface area contributed by atoms with Crippen molar-refractivity contribution in [1.82, 2.24) is 15.6 Å². The molecule has 2 bridgehead atoms. The molecular formula is C21H20N4O3. The van der Waals surface area contributed by atoms with E-state index in [-0.39, 0.29) is 17.9 Å². The van der Waals surface area contributed by atoms with E-state index < -0.39 is 0 Å². The highest BCUT2D eigenvalue weighted by Crippen LogP contribution is 2.29. The molecule has 2 amide bonds. The summed E-state index contributed by atoms with van der Waals surface area (Å²) in [6, 6.07) is 11.6. The predicted octanol–water partition coefficient (Wildman–Crippen LogP) is 2.70. The summed E-state index contributed by atoms with van der Waals surface area (Å²) in [6.45, 7) is 0. The number of amides is 2. The SMILES string of the molecule is O=C(Nc1coc2cnc(C(=O)N[C@@H]3C[C@H]4CC[C@@H]3N4)cc12)c1ccccc1. The molecule has 3 atom stereocenters. The lowest BCUT2D eigenvalue weighted by molar-refractivity contribution is 0.0925. The van der Waals surface area contributed by atoms with Gasteiger partial charge in [-0.3, -0.25) is 9.59 Å². The first-order valence-electron chi connectivity index (χ1n) is 9.48. The smallest absolute Gasteiger partial charge is 0.270 e. The van der Waals surface area contributed by atoms with Gasteiger partial charge in [0.25, 0.3) is 11.8 Å². The number of fused-ring (bicyclic) bond motifs is 3. The standard InChI is InChI=1S/C21H20N4O3/c26-20(12-4-2-1-3-5-12)25-18-11-28-19-10-22-17(9-14(18)19)21(27)24-16-8-13-6-7-15(16)23-13/h1-5,9-11,13,15-16,23H,6-8H2,(H,24,27)(H,25,26)/t13-,15+,16-/m1/s1. The number of anilines is 1. The van der Waals surface area contributed by atoms with E-state index in [2.05, 4.69) is 20.9 Å². The zero-order chi connectivity index (χ0) is 19.1. The van der Waals surface area contributed by atoms with Crippen molar-refractivity contribution in [3.05, 3.63) is 60.1 Å². The van der Waals surface area contributed by atoms with Crippen LogP contribution in [0.1, 0.15) is 40.1 Å². The van der Waals surface area contributed by atoms with Crippen LogP contribution in [-0.2, 0) is 0 Å². The van der Waals surface area contributed by atoms with Crippen LogP contribution in [0.15, 0.2) is 53.3 Å². The lowest BCUT2D eigenvalue weighted by Crippen LogP contribution is -2.43. The van der Waals surface area contributed by atoms with Gasteiger partial charge in [0.1, 0.15) is 12.0 Å². The van der Waals surface area contributed by atoms with Crippen LogP contribution >= 0.6 is 0 Å². The van der Waals surface area contributed by atoms with Crippen molar-refractivity contribution in [2.45, 2.75) is 37.4 Å². The van der Waals surface area contributed by atoms with Gasteiger partial charge < -0.3 is 20.4 Å². The first-order valence-corrected chi connectivity index (χ1v) is 9.48. The van der Waals surface area contributed by atoms with Crippen molar-refractivity contribution in [2.24, 2.45) is 0 Å². The van der Waals surface area contributed by atoms with Crippen molar-refractivity contribution in [2.75, 3.05) is 5.32 Å². The summed E-state index contributed by atoms with van der Waals surface area (Å²) in [7, 11) is 0. The van der Waals surface area contributed by atoms with Crippen LogP contribution in [0.2, 0.25) is 0 Å². The minimum atomic E-state index is -0.237. The number of furan rings is 1. The average molecular weight is 376 g/mol. The first-order chi connectivity index (χ1) is 13.7. The molecule has 0 spiro atoms. The summed E-state index contributed by atoms with van der Waals surface area (Å²) in [6.07, 6.45) is 6.22. The Kier molecular flexibility index (Phi) is 4.09. The minimum Gasteiger partial charge on any atom is -0.460 e. The van der Waals surface area contributed by atoms with Crippen LogP contribution in [0, 0.1) is 0 Å². The number of benzene rings is 1. The highest BCUT2D eigenvalue weighted by atomic mass is 16.3. The monoisotopic (exact) mass is 376 g/mol. The Bertz CT molecular complexity index is 1050. The quantitative estimate of drug-likeness (QED) is 0.651. The summed E-state index contributed by atoms with van der Waals surface area (Å²) in [5.41, 5.74) is 1.89. The summed E-state index contributed by atoms with van der Waals surface area (Å²) in [4.78, 5) is 29.3. The van der Waals surface area contributed by atoms with Gasteiger partial charge in [-0.05, 0) is 37.5 Å². The molecule has 0 aliphatic carbocycles. The van der Waals surface area contributed by atoms with Gasteiger partial charge in [0.15, 0.2) is 5.58 Å². The van der Waals surface area contributed by atoms with E-state index in [9.17, 15) is 9.59 Å². The van der Waals surface area contributed by atoms with Gasteiger partial charge in [0.2, 0.25) is 0 Å². The molecule has 2 aliphatic heterocycles. The normalized spacial score (nSPS) is 23.1. The number of pyridine rings is 1. The van der Waals surface area contributed by atoms with Gasteiger partial charge >= 0.3 is 0 Å². The number of rotatable bonds is 4. The first kappa shape index (κ1) is 16.9. The van der Waals surface area contributed by atoms with Crippen LogP contribution in [0.4, 0.5) is 5.69 Å². The Labute approximate surface area is 161 Å². The number of hydrogen-bond acceptors (Lipinski definition) is 5. The number of nitrogens with one attached hydrogen (secondary N) is 3. The minimum absolute atomic E-state index is 0.144. The Balaban J connectivity index is 1.36. The van der Waals surface area contributed by atoms with Gasteiger partial charge in [-0.15, -0.1) is 0 Å². The zero-order valence-electron chi connectivity index (χ0n) is 15.1. The highest BCUT2D eigenvalue weighted by molar-refractivity contribution is 6.09. The van der Waals surface area contributed by atoms with E-state index in [0.29, 0.717) is 40.0 Å². The second-order valence-corrected chi connectivity index (χ2v) is 7.40. The lowest BCUT2D eigenvalue weighted by Gasteiger charge is -2.21. The predicted molar refractivity (Wildman–Crippen MR) is 104 cm³/mol. The number of carbonyl (C=O) groups is 2. The molecule has 0 unspecified atom stereocenters. The van der Waals surface area contributed by atoms with Gasteiger partial charge in [-0.1, -0.05) is 18.2 Å². The van der Waals surface area contributed by atoms with E-state index in [1.54, 1.807) is 30.3 Å². The molecule has 142 valence electrons. The molecule has 5 rings (SSSR count). The van der Waals surface area contributed by atoms with Crippen molar-refractivity contribution < 1.29 is 14.0 Å². The van der Waals surface area contributed by atoms with Gasteiger partial charge in [-0.25, -0.2) is 4.98 Å². The van der Waals surface area contributed by atoms with Gasteiger partial charge in [-0.2, -0.15) is 0 Å². The van der Waals surface area contributed by atoms with E-state index in [1.165, 1.54) is 18.9 Å². The largest absolute Gasteiger partial charge is 0.460 e. The van der Waals surface area contributed by atoms with Crippen molar-refractivity contribution in [3.8, 4) is 0 Å². The zero-order valence-corrected chi connectivity index (χ0v) is 15.1. The number of hydrogen-bond donors (Lipinski definition) is 3. The van der Waals surface area contributed by atoms with Crippen LogP contribution in [0.3, 0.4) is 0 Å². The number of nitrogens with zero attached hydrogens (tertiary/aromatic N) is 1. The Morgan fingerprint density at radius 3 is 2.75 bits per heavy atom. The van der Waals surface area contributed by atoms with E-state index >= 15 is 0 Å². The molecule has 2 saturated heterocycles. The van der Waals surface area contributed by atoms with Crippen molar-refractivity contribution in [3.63, 3.8) is 0 Å². The molecule has 2 fully saturated rings. The third-order valence-corrected chi connectivity index (χ3v) is 5.59. The second-order valence-electron chi connectivity index (χ2n) is 7.40. The van der Waals surface area contributed by atoms with Gasteiger partial charge in [0.05, 0.1) is 11.9 Å². The molecule has 7 heteroatoms. The molecular weight excluding hydrogens is 356 g/mol. The molecule has 2 aliphatic rings. The van der Waals surface area contributed by atoms with Crippen molar-refractivity contribution >= 4 is 28.5 Å². The summed E-state index contributed by atoms with van der Waals surface area (Å²) >= 11 is 0. The summed E-state index contributed by atoms with van der Waals surface area (Å²) < 4.78 is 5.48. The number of carbonyl (C=O) groups excluding carboxylic acids is 2. The van der Waals surface area contributed by atoms with Crippen LogP contribution < -0.4 is 16.0 Å². The molecule has 7 nitrogen and oxygen atoms in total. The highest BCUT2D eigenvalue weighted by Gasteiger charge is 2.39. The van der Waals surface area contributed by atoms with E-state index in [4.69, 9.17) is 4.42 Å². The fraction of sp³-hybridized carbons (Fsp3) is 0.286. The molecule has 0 radical (unpaired) electrons. The maximum absolute atomic E-state index is 12.7. The summed E-state index contributed by atoms with van der Waals surface area (Å²) in [5.74, 6) is -0.443. The maximum Gasteiger partial charge on any atom is 0.270 e. The number of aromatic nitrogens is 1. The van der Waals surface area contributed by atoms with Crippen LogP contribution in [-0.4, -0.2) is 34.9 Å². The van der Waals surface area contributed by atoms with Gasteiger partial charge in [0, 0.05) is 29.1 Å². The molecule has 1 aromatic carbocycles. The molecule has 3 aromatic rings. The average Bonchev–Trinajstić information content (AvgIpc) is 3.44. The fourth-order valence-electron chi connectivity index (χ4n) is 4.16. The topological polar surface area (TPSA) is 96.3 Å². The van der Waals surface area contributed by atoms with Crippen molar-refractivity contribution in [1.29, 1.82) is 0 Å². The Morgan fingerprint density at radius 2 is 2.00 bits per heavy atom. The maximum atomic E-state index is 12.7. The molecule has 0 saturated carbocycles. The Hall–Kier alpha value is -3.19. The fourth-order valence-corrected chi connectivity index (χ4v) is 4.16. The summed E-state index contributed by atoms with van der Waals surface area (Å²) in [5, 5.41) is 10.1. The third-order valence-electron chi connectivity index (χ3n) is 5.59. The molecule has 4 heterocycles. The molecule has 28 heavy (non-hydrogen) atoms. The Morgan fingerprint density at radius 1 is 1.14 bits per heavy atom. The third kappa shape index (κ3) is 3.03. The second kappa shape index (κ2) is 6.76. The van der Waals surface area contributed by atoms with E-state index in [1.807, 2.05) is 6.07 Å². The van der Waals surface area contributed by atoms with E-state index in [0.717, 1.165) is 12.8 Å².